The molecule has 1 aromatic rings. The van der Waals surface area contributed by atoms with Gasteiger partial charge in [-0.05, 0) is 12.8 Å². The van der Waals surface area contributed by atoms with Crippen LogP contribution in [-0.2, 0) is 27.9 Å². The number of carbonyl (C=O) groups excluding carboxylic acids is 2. The highest BCUT2D eigenvalue weighted by Crippen LogP contribution is 2.32. The highest BCUT2D eigenvalue weighted by atomic mass is 16.5. The molecule has 1 aromatic heterocycles. The van der Waals surface area contributed by atoms with Crippen LogP contribution in [0.5, 0.6) is 0 Å². The summed E-state index contributed by atoms with van der Waals surface area (Å²) in [5.41, 5.74) is 6.29. The Balaban J connectivity index is 2.04. The minimum Gasteiger partial charge on any atom is -0.355 e. The van der Waals surface area contributed by atoms with Crippen molar-refractivity contribution in [2.45, 2.75) is 31.6 Å². The molecule has 2 aliphatic rings. The Morgan fingerprint density at radius 2 is 2.00 bits per heavy atom. The molecule has 3 rings (SSSR count). The van der Waals surface area contributed by atoms with Crippen molar-refractivity contribution >= 4 is 17.6 Å². The van der Waals surface area contributed by atoms with E-state index in [0.29, 0.717) is 24.2 Å². The fourth-order valence-electron chi connectivity index (χ4n) is 2.46. The predicted octanol–water partition coefficient (Wildman–Crippen LogP) is -0.700. The van der Waals surface area contributed by atoms with E-state index in [4.69, 9.17) is 10.5 Å². The maximum Gasteiger partial charge on any atom is 0.264 e. The second kappa shape index (κ2) is 3.89. The Bertz CT molecular complexity index is 502. The Morgan fingerprint density at radius 1 is 1.39 bits per heavy atom. The predicted molar refractivity (Wildman–Crippen MR) is 61.5 cm³/mol. The summed E-state index contributed by atoms with van der Waals surface area (Å²) in [4.78, 5) is 25.5. The number of morpholine rings is 1. The minimum absolute atomic E-state index is 0.233. The molecule has 2 unspecified atom stereocenters. The summed E-state index contributed by atoms with van der Waals surface area (Å²) in [6.45, 7) is 0.233. The molecular formula is C11H14N4O3. The minimum atomic E-state index is -0.514. The van der Waals surface area contributed by atoms with E-state index in [1.807, 2.05) is 0 Å². The van der Waals surface area contributed by atoms with E-state index < -0.39 is 12.2 Å². The van der Waals surface area contributed by atoms with Crippen LogP contribution >= 0.6 is 0 Å². The van der Waals surface area contributed by atoms with E-state index in [1.54, 1.807) is 17.9 Å². The van der Waals surface area contributed by atoms with Crippen molar-refractivity contribution in [3.05, 3.63) is 11.8 Å². The average molecular weight is 250 g/mol. The maximum atomic E-state index is 12.2. The number of amides is 2. The molecule has 2 amide bonds. The molecule has 2 fully saturated rings. The van der Waals surface area contributed by atoms with Gasteiger partial charge < -0.3 is 10.5 Å². The monoisotopic (exact) mass is 250 g/mol. The smallest absolute Gasteiger partial charge is 0.264 e. The van der Waals surface area contributed by atoms with E-state index in [-0.39, 0.29) is 18.4 Å². The highest BCUT2D eigenvalue weighted by molar-refractivity contribution is 6.19. The number of rotatable bonds is 2. The van der Waals surface area contributed by atoms with Gasteiger partial charge in [0, 0.05) is 25.4 Å². The number of aromatic nitrogens is 2. The lowest BCUT2D eigenvalue weighted by molar-refractivity contribution is -0.147. The molecule has 18 heavy (non-hydrogen) atoms. The van der Waals surface area contributed by atoms with Gasteiger partial charge in [-0.3, -0.25) is 14.3 Å². The van der Waals surface area contributed by atoms with E-state index in [1.165, 1.54) is 0 Å². The van der Waals surface area contributed by atoms with Gasteiger partial charge in [-0.15, -0.1) is 0 Å². The van der Waals surface area contributed by atoms with E-state index >= 15 is 0 Å². The molecule has 3 heterocycles. The molecule has 0 saturated carbocycles. The number of carbonyl (C=O) groups is 2. The number of imide groups is 1. The third-order valence-corrected chi connectivity index (χ3v) is 3.33. The van der Waals surface area contributed by atoms with Crippen molar-refractivity contribution in [3.63, 3.8) is 0 Å². The van der Waals surface area contributed by atoms with Crippen molar-refractivity contribution in [3.8, 4) is 0 Å². The molecule has 0 aromatic carbocycles. The van der Waals surface area contributed by atoms with Gasteiger partial charge in [0.25, 0.3) is 11.8 Å². The topological polar surface area (TPSA) is 90.5 Å². The zero-order valence-corrected chi connectivity index (χ0v) is 10.00. The second-order valence-electron chi connectivity index (χ2n) is 4.56. The van der Waals surface area contributed by atoms with Crippen molar-refractivity contribution < 1.29 is 14.3 Å². The van der Waals surface area contributed by atoms with Crippen LogP contribution in [0.4, 0.5) is 5.82 Å². The Hall–Kier alpha value is -1.73. The Morgan fingerprint density at radius 3 is 2.56 bits per heavy atom. The average Bonchev–Trinajstić information content (AvgIpc) is 2.93. The molecule has 7 heteroatoms. The SMILES string of the molecule is Cn1cc(CN)c(N2C(=O)C3CCC(O3)C2=O)n1. The second-order valence-corrected chi connectivity index (χ2v) is 4.56. The van der Waals surface area contributed by atoms with Gasteiger partial charge in [-0.25, -0.2) is 4.90 Å². The van der Waals surface area contributed by atoms with E-state index in [0.717, 1.165) is 4.90 Å². The standard InChI is InChI=1S/C11H14N4O3/c1-14-5-6(4-12)9(13-14)15-10(16)7-2-3-8(18-7)11(15)17/h5,7-8H,2-4,12H2,1H3. The number of hydrogen-bond acceptors (Lipinski definition) is 5. The van der Waals surface area contributed by atoms with E-state index in [2.05, 4.69) is 5.10 Å². The van der Waals surface area contributed by atoms with Gasteiger partial charge in [0.15, 0.2) is 5.82 Å². The normalized spacial score (nSPS) is 27.1. The van der Waals surface area contributed by atoms with Gasteiger partial charge in [-0.2, -0.15) is 5.10 Å². The fourth-order valence-corrected chi connectivity index (χ4v) is 2.46. The molecule has 2 aliphatic heterocycles. The third kappa shape index (κ3) is 1.48. The molecule has 96 valence electrons. The van der Waals surface area contributed by atoms with Crippen LogP contribution in [0.2, 0.25) is 0 Å². The van der Waals surface area contributed by atoms with Crippen LogP contribution in [0.25, 0.3) is 0 Å². The zero-order chi connectivity index (χ0) is 12.9. The molecule has 2 N–H and O–H groups in total. The lowest BCUT2D eigenvalue weighted by Crippen LogP contribution is -2.52. The van der Waals surface area contributed by atoms with Gasteiger partial charge in [0.1, 0.15) is 12.2 Å². The first kappa shape index (κ1) is 11.4. The lowest BCUT2D eigenvalue weighted by atomic mass is 10.2. The van der Waals surface area contributed by atoms with Gasteiger partial charge >= 0.3 is 0 Å². The molecule has 0 radical (unpaired) electrons. The Kier molecular flexibility index (Phi) is 2.46. The number of anilines is 1. The quantitative estimate of drug-likeness (QED) is 0.701. The first-order valence-corrected chi connectivity index (χ1v) is 5.87. The van der Waals surface area contributed by atoms with E-state index in [9.17, 15) is 9.59 Å². The Labute approximate surface area is 103 Å². The number of nitrogens with zero attached hydrogens (tertiary/aromatic N) is 3. The van der Waals surface area contributed by atoms with Crippen LogP contribution in [0.15, 0.2) is 6.20 Å². The summed E-state index contributed by atoms with van der Waals surface area (Å²) in [6, 6.07) is 0. The molecule has 2 atom stereocenters. The molecule has 0 spiro atoms. The van der Waals surface area contributed by atoms with Gasteiger partial charge in [-0.1, -0.05) is 0 Å². The first-order valence-electron chi connectivity index (χ1n) is 5.87. The molecule has 2 bridgehead atoms. The van der Waals surface area contributed by atoms with Crippen molar-refractivity contribution in [2.75, 3.05) is 4.90 Å². The molecule has 0 aliphatic carbocycles. The number of nitrogens with two attached hydrogens (primary N) is 1. The summed E-state index contributed by atoms with van der Waals surface area (Å²) < 4.78 is 6.90. The number of hydrogen-bond donors (Lipinski definition) is 1. The first-order chi connectivity index (χ1) is 8.61. The van der Waals surface area contributed by atoms with Crippen LogP contribution < -0.4 is 10.6 Å². The highest BCUT2D eigenvalue weighted by Gasteiger charge is 2.48. The zero-order valence-electron chi connectivity index (χ0n) is 10.00. The summed E-state index contributed by atoms with van der Waals surface area (Å²) in [5.74, 6) is -0.320. The van der Waals surface area contributed by atoms with Crippen LogP contribution in [0.1, 0.15) is 18.4 Å². The van der Waals surface area contributed by atoms with Crippen molar-refractivity contribution in [2.24, 2.45) is 12.8 Å². The van der Waals surface area contributed by atoms with Gasteiger partial charge in [0.05, 0.1) is 0 Å². The number of fused-ring (bicyclic) bond motifs is 2. The summed E-state index contributed by atoms with van der Waals surface area (Å²) in [7, 11) is 1.73. The fraction of sp³-hybridized carbons (Fsp3) is 0.545. The molecule has 7 nitrogen and oxygen atoms in total. The maximum absolute atomic E-state index is 12.2. The van der Waals surface area contributed by atoms with Crippen molar-refractivity contribution in [1.29, 1.82) is 0 Å². The summed E-state index contributed by atoms with van der Waals surface area (Å²) >= 11 is 0. The van der Waals surface area contributed by atoms with Crippen LogP contribution in [0.3, 0.4) is 0 Å². The number of ether oxygens (including phenoxy) is 1. The summed E-state index contributed by atoms with van der Waals surface area (Å²) in [5, 5.41) is 4.17. The number of aryl methyl sites for hydroxylation is 1. The largest absolute Gasteiger partial charge is 0.355 e. The lowest BCUT2D eigenvalue weighted by Gasteiger charge is -2.28. The van der Waals surface area contributed by atoms with Gasteiger partial charge in [0.2, 0.25) is 0 Å². The van der Waals surface area contributed by atoms with Crippen molar-refractivity contribution in [1.82, 2.24) is 9.78 Å². The third-order valence-electron chi connectivity index (χ3n) is 3.33. The summed E-state index contributed by atoms with van der Waals surface area (Å²) in [6.07, 6.45) is 1.88. The van der Waals surface area contributed by atoms with Crippen LogP contribution in [0, 0.1) is 0 Å². The molecule has 2 saturated heterocycles. The van der Waals surface area contributed by atoms with Crippen LogP contribution in [-0.4, -0.2) is 33.8 Å². The molecular weight excluding hydrogens is 236 g/mol.